The summed E-state index contributed by atoms with van der Waals surface area (Å²) in [7, 11) is 0. The van der Waals surface area contributed by atoms with E-state index in [0.29, 0.717) is 12.6 Å². The van der Waals surface area contributed by atoms with Crippen molar-refractivity contribution < 1.29 is 4.79 Å². The molecule has 94 valence electrons. The summed E-state index contributed by atoms with van der Waals surface area (Å²) in [5, 5.41) is 6.10. The van der Waals surface area contributed by atoms with Crippen molar-refractivity contribution in [1.29, 1.82) is 0 Å². The van der Waals surface area contributed by atoms with Crippen molar-refractivity contribution >= 4 is 5.91 Å². The van der Waals surface area contributed by atoms with E-state index in [0.717, 1.165) is 12.0 Å². The molecule has 1 rings (SSSR count). The second kappa shape index (κ2) is 7.01. The molecule has 0 radical (unpaired) electrons. The van der Waals surface area contributed by atoms with Gasteiger partial charge in [-0.25, -0.2) is 0 Å². The number of rotatable bonds is 6. The molecule has 0 aliphatic heterocycles. The Morgan fingerprint density at radius 2 is 2.24 bits per heavy atom. The van der Waals surface area contributed by atoms with E-state index in [9.17, 15) is 4.79 Å². The summed E-state index contributed by atoms with van der Waals surface area (Å²) in [6, 6.07) is 4.19. The van der Waals surface area contributed by atoms with Gasteiger partial charge in [-0.2, -0.15) is 0 Å². The molecule has 0 aromatic carbocycles. The Bertz CT molecular complexity index is 340. The van der Waals surface area contributed by atoms with Gasteiger partial charge < -0.3 is 10.6 Å². The Balaban J connectivity index is 2.36. The number of hydrogen-bond donors (Lipinski definition) is 2. The van der Waals surface area contributed by atoms with Gasteiger partial charge in [0, 0.05) is 18.4 Å². The van der Waals surface area contributed by atoms with Crippen molar-refractivity contribution in [2.24, 2.45) is 0 Å². The van der Waals surface area contributed by atoms with E-state index in [1.54, 1.807) is 12.4 Å². The molecule has 0 bridgehead atoms. The summed E-state index contributed by atoms with van der Waals surface area (Å²) >= 11 is 0. The molecule has 0 aliphatic rings. The number of hydrogen-bond acceptors (Lipinski definition) is 3. The molecule has 1 aromatic rings. The lowest BCUT2D eigenvalue weighted by atomic mass is 10.1. The highest BCUT2D eigenvalue weighted by molar-refractivity contribution is 5.78. The minimum atomic E-state index is -0.00469. The van der Waals surface area contributed by atoms with Gasteiger partial charge in [-0.1, -0.05) is 13.0 Å². The van der Waals surface area contributed by atoms with Crippen LogP contribution in [0.25, 0.3) is 0 Å². The van der Waals surface area contributed by atoms with Gasteiger partial charge in [0.2, 0.25) is 5.91 Å². The number of nitrogens with zero attached hydrogens (tertiary/aromatic N) is 1. The van der Waals surface area contributed by atoms with Crippen LogP contribution in [0.3, 0.4) is 0 Å². The van der Waals surface area contributed by atoms with Crippen LogP contribution in [0.5, 0.6) is 0 Å². The van der Waals surface area contributed by atoms with E-state index in [-0.39, 0.29) is 11.9 Å². The maximum atomic E-state index is 11.7. The molecule has 4 nitrogen and oxygen atoms in total. The predicted molar refractivity (Wildman–Crippen MR) is 68.6 cm³/mol. The van der Waals surface area contributed by atoms with Gasteiger partial charge in [0.25, 0.3) is 0 Å². The van der Waals surface area contributed by atoms with Crippen LogP contribution in [0.2, 0.25) is 0 Å². The molecule has 0 spiro atoms. The molecule has 1 amide bonds. The number of carbonyl (C=O) groups is 1. The lowest BCUT2D eigenvalue weighted by Crippen LogP contribution is -2.38. The molecule has 4 heteroatoms. The summed E-state index contributed by atoms with van der Waals surface area (Å²) < 4.78 is 0. The molecule has 2 N–H and O–H groups in total. The molecule has 0 saturated heterocycles. The molecule has 0 aliphatic carbocycles. The van der Waals surface area contributed by atoms with E-state index in [4.69, 9.17) is 0 Å². The summed E-state index contributed by atoms with van der Waals surface area (Å²) in [4.78, 5) is 15.7. The van der Waals surface area contributed by atoms with Gasteiger partial charge in [0.15, 0.2) is 0 Å². The summed E-state index contributed by atoms with van der Waals surface area (Å²) in [6.07, 6.45) is 4.51. The molecule has 0 fully saturated rings. The highest BCUT2D eigenvalue weighted by atomic mass is 16.1. The third kappa shape index (κ3) is 4.95. The largest absolute Gasteiger partial charge is 0.348 e. The lowest BCUT2D eigenvalue weighted by molar-refractivity contribution is -0.121. The van der Waals surface area contributed by atoms with Crippen LogP contribution in [-0.4, -0.2) is 23.5 Å². The van der Waals surface area contributed by atoms with Gasteiger partial charge in [0.1, 0.15) is 0 Å². The standard InChI is InChI=1S/C13H21N3O/c1-4-10(2)15-9-13(17)16-11(3)12-6-5-7-14-8-12/h5-8,10-11,15H,4,9H2,1-3H3,(H,16,17). The quantitative estimate of drug-likeness (QED) is 0.788. The van der Waals surface area contributed by atoms with Crippen molar-refractivity contribution in [3.8, 4) is 0 Å². The molecule has 2 atom stereocenters. The van der Waals surface area contributed by atoms with Crippen LogP contribution < -0.4 is 10.6 Å². The van der Waals surface area contributed by atoms with Crippen LogP contribution >= 0.6 is 0 Å². The highest BCUT2D eigenvalue weighted by Gasteiger charge is 2.09. The second-order valence-electron chi connectivity index (χ2n) is 4.27. The van der Waals surface area contributed by atoms with Crippen LogP contribution in [0, 0.1) is 0 Å². The fraction of sp³-hybridized carbons (Fsp3) is 0.538. The van der Waals surface area contributed by atoms with Crippen LogP contribution in [0.1, 0.15) is 38.8 Å². The average molecular weight is 235 g/mol. The molecule has 1 heterocycles. The first kappa shape index (κ1) is 13.6. The highest BCUT2D eigenvalue weighted by Crippen LogP contribution is 2.08. The van der Waals surface area contributed by atoms with Crippen LogP contribution in [0.4, 0.5) is 0 Å². The monoisotopic (exact) mass is 235 g/mol. The van der Waals surface area contributed by atoms with E-state index in [1.807, 2.05) is 19.1 Å². The third-order valence-corrected chi connectivity index (χ3v) is 2.79. The average Bonchev–Trinajstić information content (AvgIpc) is 2.36. The van der Waals surface area contributed by atoms with Gasteiger partial charge in [-0.05, 0) is 31.9 Å². The molecule has 2 unspecified atom stereocenters. The van der Waals surface area contributed by atoms with Gasteiger partial charge in [0.05, 0.1) is 12.6 Å². The zero-order chi connectivity index (χ0) is 12.7. The molecular formula is C13H21N3O. The van der Waals surface area contributed by atoms with Crippen molar-refractivity contribution in [2.75, 3.05) is 6.54 Å². The maximum absolute atomic E-state index is 11.7. The van der Waals surface area contributed by atoms with E-state index in [1.165, 1.54) is 0 Å². The van der Waals surface area contributed by atoms with Crippen molar-refractivity contribution in [3.05, 3.63) is 30.1 Å². The molecule has 17 heavy (non-hydrogen) atoms. The zero-order valence-corrected chi connectivity index (χ0v) is 10.7. The topological polar surface area (TPSA) is 54.0 Å². The Morgan fingerprint density at radius 3 is 2.82 bits per heavy atom. The molecular weight excluding hydrogens is 214 g/mol. The first-order valence-corrected chi connectivity index (χ1v) is 6.06. The van der Waals surface area contributed by atoms with E-state index < -0.39 is 0 Å². The Morgan fingerprint density at radius 1 is 1.47 bits per heavy atom. The van der Waals surface area contributed by atoms with Crippen molar-refractivity contribution in [3.63, 3.8) is 0 Å². The minimum Gasteiger partial charge on any atom is -0.348 e. The summed E-state index contributed by atoms with van der Waals surface area (Å²) in [5.41, 5.74) is 1.02. The van der Waals surface area contributed by atoms with Gasteiger partial charge in [-0.3, -0.25) is 9.78 Å². The van der Waals surface area contributed by atoms with Crippen molar-refractivity contribution in [1.82, 2.24) is 15.6 Å². The minimum absolute atomic E-state index is 0.00469. The number of amides is 1. The van der Waals surface area contributed by atoms with E-state index in [2.05, 4.69) is 29.5 Å². The van der Waals surface area contributed by atoms with E-state index >= 15 is 0 Å². The Kier molecular flexibility index (Phi) is 5.63. The fourth-order valence-corrected chi connectivity index (χ4v) is 1.42. The zero-order valence-electron chi connectivity index (χ0n) is 10.7. The predicted octanol–water partition coefficient (Wildman–Crippen LogP) is 1.65. The van der Waals surface area contributed by atoms with Crippen molar-refractivity contribution in [2.45, 2.75) is 39.3 Å². The van der Waals surface area contributed by atoms with Gasteiger partial charge >= 0.3 is 0 Å². The molecule has 0 saturated carbocycles. The summed E-state index contributed by atoms with van der Waals surface area (Å²) in [6.45, 7) is 6.48. The fourth-order valence-electron chi connectivity index (χ4n) is 1.42. The SMILES string of the molecule is CCC(C)NCC(=O)NC(C)c1cccnc1. The Labute approximate surface area is 103 Å². The molecule has 1 aromatic heterocycles. The van der Waals surface area contributed by atoms with Crippen LogP contribution in [0.15, 0.2) is 24.5 Å². The number of aromatic nitrogens is 1. The number of pyridine rings is 1. The number of carbonyl (C=O) groups excluding carboxylic acids is 1. The normalized spacial score (nSPS) is 14.1. The third-order valence-electron chi connectivity index (χ3n) is 2.79. The van der Waals surface area contributed by atoms with Crippen LogP contribution in [-0.2, 0) is 4.79 Å². The summed E-state index contributed by atoms with van der Waals surface area (Å²) in [5.74, 6) is 0.0154. The smallest absolute Gasteiger partial charge is 0.234 e. The van der Waals surface area contributed by atoms with Gasteiger partial charge in [-0.15, -0.1) is 0 Å². The first-order chi connectivity index (χ1) is 8.13. The maximum Gasteiger partial charge on any atom is 0.234 e. The lowest BCUT2D eigenvalue weighted by Gasteiger charge is -2.15. The first-order valence-electron chi connectivity index (χ1n) is 6.06. The Hall–Kier alpha value is -1.42. The second-order valence-corrected chi connectivity index (χ2v) is 4.27. The number of nitrogens with one attached hydrogen (secondary N) is 2.